The molecule has 0 atom stereocenters. The average Bonchev–Trinajstić information content (AvgIpc) is 2.97. The number of hydrogen-bond donors (Lipinski definition) is 0. The minimum atomic E-state index is -0.540. The lowest BCUT2D eigenvalue weighted by Crippen LogP contribution is -2.22. The molecule has 0 bridgehead atoms. The molecular weight excluding hydrogens is 291 g/mol. The Labute approximate surface area is 127 Å². The summed E-state index contributed by atoms with van der Waals surface area (Å²) >= 11 is 1.54. The molecule has 4 nitrogen and oxygen atoms in total. The normalized spacial score (nSPS) is 10.9. The third-order valence-electron chi connectivity index (χ3n) is 3.11. The highest BCUT2D eigenvalue weighted by Gasteiger charge is 2.17. The smallest absolute Gasteiger partial charge is 0.170 e. The Hall–Kier alpha value is -1.79. The molecule has 112 valence electrons. The Morgan fingerprint density at radius 3 is 2.95 bits per heavy atom. The number of methoxy groups -OCH3 is 1. The molecule has 0 unspecified atom stereocenters. The quantitative estimate of drug-likeness (QED) is 0.738. The summed E-state index contributed by atoms with van der Waals surface area (Å²) in [4.78, 5) is 18.4. The maximum atomic E-state index is 13.8. The van der Waals surface area contributed by atoms with E-state index >= 15 is 0 Å². The summed E-state index contributed by atoms with van der Waals surface area (Å²) in [5, 5.41) is 1.97. The van der Waals surface area contributed by atoms with Crippen LogP contribution in [0.3, 0.4) is 0 Å². The van der Waals surface area contributed by atoms with Gasteiger partial charge in [0, 0.05) is 24.9 Å². The van der Waals surface area contributed by atoms with Crippen molar-refractivity contribution in [2.75, 3.05) is 20.7 Å². The molecule has 21 heavy (non-hydrogen) atoms. The van der Waals surface area contributed by atoms with Crippen molar-refractivity contribution < 1.29 is 13.9 Å². The van der Waals surface area contributed by atoms with E-state index in [0.717, 1.165) is 5.69 Å². The van der Waals surface area contributed by atoms with Gasteiger partial charge in [-0.3, -0.25) is 4.79 Å². The van der Waals surface area contributed by atoms with Crippen molar-refractivity contribution in [1.82, 2.24) is 9.88 Å². The van der Waals surface area contributed by atoms with Crippen molar-refractivity contribution in [1.29, 1.82) is 0 Å². The lowest BCUT2D eigenvalue weighted by Gasteiger charge is -2.15. The molecular formula is C15H17FN2O2S. The van der Waals surface area contributed by atoms with Gasteiger partial charge in [0.2, 0.25) is 0 Å². The van der Waals surface area contributed by atoms with Gasteiger partial charge in [0.05, 0.1) is 23.9 Å². The highest BCUT2D eigenvalue weighted by Crippen LogP contribution is 2.22. The first-order valence-corrected chi connectivity index (χ1v) is 7.47. The Morgan fingerprint density at radius 2 is 2.29 bits per heavy atom. The van der Waals surface area contributed by atoms with Crippen LogP contribution in [0.2, 0.25) is 0 Å². The fraction of sp³-hybridized carbons (Fsp3) is 0.333. The number of hydrogen-bond acceptors (Lipinski definition) is 5. The van der Waals surface area contributed by atoms with E-state index in [9.17, 15) is 9.18 Å². The van der Waals surface area contributed by atoms with Gasteiger partial charge in [-0.15, -0.1) is 11.3 Å². The summed E-state index contributed by atoms with van der Waals surface area (Å²) in [7, 11) is 3.34. The van der Waals surface area contributed by atoms with Crippen LogP contribution in [0.25, 0.3) is 0 Å². The highest BCUT2D eigenvalue weighted by atomic mass is 32.1. The second kappa shape index (κ2) is 7.28. The number of rotatable bonds is 7. The van der Waals surface area contributed by atoms with Crippen molar-refractivity contribution in [3.63, 3.8) is 0 Å². The van der Waals surface area contributed by atoms with Gasteiger partial charge in [-0.05, 0) is 19.2 Å². The molecule has 1 aromatic heterocycles. The molecule has 1 aromatic carbocycles. The lowest BCUT2D eigenvalue weighted by atomic mass is 10.1. The number of Topliss-reactive ketones (excluding diaryl/α,β-unsaturated/α-hetero) is 1. The third kappa shape index (κ3) is 4.09. The zero-order chi connectivity index (χ0) is 15.2. The number of halogens is 1. The minimum absolute atomic E-state index is 0.0297. The van der Waals surface area contributed by atoms with Gasteiger partial charge in [-0.1, -0.05) is 6.07 Å². The maximum Gasteiger partial charge on any atom is 0.170 e. The van der Waals surface area contributed by atoms with Gasteiger partial charge in [-0.2, -0.15) is 0 Å². The van der Waals surface area contributed by atoms with Crippen LogP contribution in [-0.4, -0.2) is 36.4 Å². The zero-order valence-corrected chi connectivity index (χ0v) is 12.8. The van der Waals surface area contributed by atoms with Gasteiger partial charge in [0.15, 0.2) is 5.78 Å². The van der Waals surface area contributed by atoms with E-state index in [2.05, 4.69) is 4.98 Å². The second-order valence-electron chi connectivity index (χ2n) is 4.71. The molecule has 0 radical (unpaired) electrons. The van der Waals surface area contributed by atoms with Crippen LogP contribution in [0.5, 0.6) is 5.75 Å². The SMILES string of the molecule is COc1cccc(F)c1C(=O)CCN(C)Cc1cscn1. The first kappa shape index (κ1) is 15.6. The van der Waals surface area contributed by atoms with Crippen LogP contribution >= 0.6 is 11.3 Å². The van der Waals surface area contributed by atoms with Crippen molar-refractivity contribution in [2.45, 2.75) is 13.0 Å². The number of carbonyl (C=O) groups excluding carboxylic acids is 1. The molecule has 1 heterocycles. The number of aromatic nitrogens is 1. The van der Waals surface area contributed by atoms with Gasteiger partial charge in [0.25, 0.3) is 0 Å². The summed E-state index contributed by atoms with van der Waals surface area (Å²) in [5.41, 5.74) is 2.78. The Morgan fingerprint density at radius 1 is 1.48 bits per heavy atom. The van der Waals surface area contributed by atoms with E-state index in [1.165, 1.54) is 30.6 Å². The summed E-state index contributed by atoms with van der Waals surface area (Å²) in [6.07, 6.45) is 0.234. The summed E-state index contributed by atoms with van der Waals surface area (Å²) in [6, 6.07) is 4.39. The van der Waals surface area contributed by atoms with E-state index < -0.39 is 5.82 Å². The third-order valence-corrected chi connectivity index (χ3v) is 3.75. The number of ether oxygens (including phenoxy) is 1. The summed E-state index contributed by atoms with van der Waals surface area (Å²) in [5.74, 6) is -0.515. The van der Waals surface area contributed by atoms with Crippen molar-refractivity contribution in [2.24, 2.45) is 0 Å². The summed E-state index contributed by atoms with van der Waals surface area (Å²) < 4.78 is 18.9. The van der Waals surface area contributed by atoms with Crippen LogP contribution in [0.15, 0.2) is 29.1 Å². The maximum absolute atomic E-state index is 13.8. The van der Waals surface area contributed by atoms with Gasteiger partial charge in [0.1, 0.15) is 11.6 Å². The molecule has 0 spiro atoms. The molecule has 2 aromatic rings. The van der Waals surface area contributed by atoms with Crippen LogP contribution in [-0.2, 0) is 6.54 Å². The average molecular weight is 308 g/mol. The second-order valence-corrected chi connectivity index (χ2v) is 5.43. The predicted octanol–water partition coefficient (Wildman–Crippen LogP) is 3.00. The first-order valence-electron chi connectivity index (χ1n) is 6.53. The molecule has 0 N–H and O–H groups in total. The van der Waals surface area contributed by atoms with Crippen LogP contribution in [0.1, 0.15) is 22.5 Å². The standard InChI is InChI=1S/C15H17FN2O2S/c1-18(8-11-9-21-10-17-11)7-6-13(19)15-12(16)4-3-5-14(15)20-2/h3-5,9-10H,6-8H2,1-2H3. The lowest BCUT2D eigenvalue weighted by molar-refractivity contribution is 0.0960. The fourth-order valence-electron chi connectivity index (χ4n) is 2.03. The van der Waals surface area contributed by atoms with Crippen molar-refractivity contribution in [3.05, 3.63) is 46.2 Å². The highest BCUT2D eigenvalue weighted by molar-refractivity contribution is 7.07. The molecule has 0 saturated heterocycles. The molecule has 0 aliphatic heterocycles. The van der Waals surface area contributed by atoms with Crippen LogP contribution < -0.4 is 4.74 Å². The molecule has 2 rings (SSSR count). The molecule has 0 fully saturated rings. The topological polar surface area (TPSA) is 42.4 Å². The Kier molecular flexibility index (Phi) is 5.41. The number of ketones is 1. The molecule has 0 amide bonds. The van der Waals surface area contributed by atoms with E-state index in [1.807, 2.05) is 17.3 Å². The van der Waals surface area contributed by atoms with E-state index in [0.29, 0.717) is 13.1 Å². The fourth-order valence-corrected chi connectivity index (χ4v) is 2.58. The zero-order valence-electron chi connectivity index (χ0n) is 12.0. The molecule has 0 aliphatic carbocycles. The Balaban J connectivity index is 1.96. The first-order chi connectivity index (χ1) is 10.1. The van der Waals surface area contributed by atoms with Crippen molar-refractivity contribution in [3.8, 4) is 5.75 Å². The molecule has 0 saturated carbocycles. The van der Waals surface area contributed by atoms with Crippen molar-refractivity contribution >= 4 is 17.1 Å². The van der Waals surface area contributed by atoms with E-state index in [4.69, 9.17) is 4.74 Å². The monoisotopic (exact) mass is 308 g/mol. The Bertz CT molecular complexity index is 602. The van der Waals surface area contributed by atoms with Crippen LogP contribution in [0, 0.1) is 5.82 Å². The largest absolute Gasteiger partial charge is 0.496 e. The van der Waals surface area contributed by atoms with E-state index in [1.54, 1.807) is 11.6 Å². The predicted molar refractivity (Wildman–Crippen MR) is 80.3 cm³/mol. The number of nitrogens with zero attached hydrogens (tertiary/aromatic N) is 2. The van der Waals surface area contributed by atoms with Gasteiger partial charge >= 0.3 is 0 Å². The minimum Gasteiger partial charge on any atom is -0.496 e. The number of benzene rings is 1. The van der Waals surface area contributed by atoms with E-state index in [-0.39, 0.29) is 23.5 Å². The summed E-state index contributed by atoms with van der Waals surface area (Å²) in [6.45, 7) is 1.21. The van der Waals surface area contributed by atoms with Gasteiger partial charge in [-0.25, -0.2) is 9.37 Å². The molecule has 6 heteroatoms. The van der Waals surface area contributed by atoms with Crippen LogP contribution in [0.4, 0.5) is 4.39 Å². The number of thiazole rings is 1. The van der Waals surface area contributed by atoms with Gasteiger partial charge < -0.3 is 9.64 Å². The molecule has 0 aliphatic rings. The number of carbonyl (C=O) groups is 1.